The van der Waals surface area contributed by atoms with E-state index in [1.807, 2.05) is 44.4 Å². The number of nitrogens with two attached hydrogens (primary N) is 1. The lowest BCUT2D eigenvalue weighted by Crippen LogP contribution is -2.25. The summed E-state index contributed by atoms with van der Waals surface area (Å²) < 4.78 is 7.56. The zero-order valence-corrected chi connectivity index (χ0v) is 20.4. The topological polar surface area (TPSA) is 112 Å². The molecule has 8 nitrogen and oxygen atoms in total. The number of amides is 1. The lowest BCUT2D eigenvalue weighted by molar-refractivity contribution is -0.155. The summed E-state index contributed by atoms with van der Waals surface area (Å²) in [7, 11) is 0. The Bertz CT molecular complexity index is 1280. The molecular formula is C24H27N5O3S. The highest BCUT2D eigenvalue weighted by Crippen LogP contribution is 2.39. The molecule has 0 saturated carbocycles. The molecule has 3 aromatic rings. The van der Waals surface area contributed by atoms with Gasteiger partial charge in [-0.1, -0.05) is 12.1 Å². The van der Waals surface area contributed by atoms with E-state index in [0.29, 0.717) is 11.4 Å². The van der Waals surface area contributed by atoms with Gasteiger partial charge in [0, 0.05) is 21.6 Å². The Labute approximate surface area is 196 Å². The van der Waals surface area contributed by atoms with Gasteiger partial charge < -0.3 is 10.5 Å². The van der Waals surface area contributed by atoms with Crippen LogP contribution in [-0.2, 0) is 9.53 Å². The van der Waals surface area contributed by atoms with Gasteiger partial charge in [0.2, 0.25) is 5.91 Å². The molecule has 3 heterocycles. The molecule has 1 atom stereocenters. The van der Waals surface area contributed by atoms with E-state index in [2.05, 4.69) is 24.0 Å². The fraction of sp³-hybridized carbons (Fsp3) is 0.375. The van der Waals surface area contributed by atoms with E-state index in [0.717, 1.165) is 38.1 Å². The van der Waals surface area contributed by atoms with Crippen molar-refractivity contribution in [3.63, 3.8) is 0 Å². The summed E-state index contributed by atoms with van der Waals surface area (Å²) in [6, 6.07) is 6.46. The molecule has 33 heavy (non-hydrogen) atoms. The minimum Gasteiger partial charge on any atom is -0.460 e. The molecule has 1 aliphatic rings. The molecule has 4 rings (SSSR count). The van der Waals surface area contributed by atoms with Crippen molar-refractivity contribution in [3.8, 4) is 5.00 Å². The Kier molecular flexibility index (Phi) is 5.69. The summed E-state index contributed by atoms with van der Waals surface area (Å²) in [4.78, 5) is 30.5. The molecule has 0 saturated heterocycles. The molecule has 0 fully saturated rings. The maximum absolute atomic E-state index is 12.8. The van der Waals surface area contributed by atoms with Crippen LogP contribution in [0, 0.1) is 20.8 Å². The van der Waals surface area contributed by atoms with Crippen molar-refractivity contribution in [1.82, 2.24) is 14.8 Å². The number of thiophene rings is 1. The average molecular weight is 466 g/mol. The van der Waals surface area contributed by atoms with Crippen molar-refractivity contribution in [2.24, 2.45) is 10.7 Å². The Balaban J connectivity index is 1.90. The number of carbonyl (C=O) groups is 2. The van der Waals surface area contributed by atoms with Gasteiger partial charge in [-0.05, 0) is 59.2 Å². The van der Waals surface area contributed by atoms with E-state index in [-0.39, 0.29) is 12.4 Å². The zero-order valence-electron chi connectivity index (χ0n) is 19.6. The number of esters is 1. The summed E-state index contributed by atoms with van der Waals surface area (Å²) in [5.41, 5.74) is 8.88. The van der Waals surface area contributed by atoms with Gasteiger partial charge in [0.05, 0.1) is 12.1 Å². The molecule has 1 aliphatic heterocycles. The van der Waals surface area contributed by atoms with E-state index in [1.165, 1.54) is 0 Å². The molecule has 2 aromatic heterocycles. The van der Waals surface area contributed by atoms with Crippen LogP contribution in [0.2, 0.25) is 0 Å². The average Bonchev–Trinajstić information content (AvgIpc) is 3.19. The Hall–Kier alpha value is -3.33. The van der Waals surface area contributed by atoms with Crippen molar-refractivity contribution < 1.29 is 14.3 Å². The molecule has 0 spiro atoms. The van der Waals surface area contributed by atoms with E-state index < -0.39 is 17.6 Å². The first-order chi connectivity index (χ1) is 15.5. The number of benzene rings is 1. The fourth-order valence-electron chi connectivity index (χ4n) is 3.86. The number of carbonyl (C=O) groups excluding carboxylic acids is 2. The van der Waals surface area contributed by atoms with Crippen molar-refractivity contribution in [1.29, 1.82) is 0 Å². The largest absolute Gasteiger partial charge is 0.460 e. The summed E-state index contributed by atoms with van der Waals surface area (Å²) in [5.74, 6) is 0.481. The monoisotopic (exact) mass is 465 g/mol. The number of aryl methyl sites for hydroxylation is 2. The standard InChI is InChI=1S/C24H27N5O3S/c1-12-13(2)33-23-19(12)20(15-7-9-16(10-8-15)21(25)31)26-17(11-18(30)32-24(4,5)6)22-28-27-14(3)29(22)23/h7-10,17H,11H2,1-6H3,(H2,25,31)/t17-/m0/s1. The first-order valence-electron chi connectivity index (χ1n) is 10.7. The highest BCUT2D eigenvalue weighted by atomic mass is 32.1. The van der Waals surface area contributed by atoms with E-state index in [9.17, 15) is 9.59 Å². The second kappa shape index (κ2) is 8.22. The lowest BCUT2D eigenvalue weighted by Gasteiger charge is -2.21. The minimum atomic E-state index is -0.602. The van der Waals surface area contributed by atoms with E-state index in [4.69, 9.17) is 15.5 Å². The Morgan fingerprint density at radius 1 is 1.12 bits per heavy atom. The highest BCUT2D eigenvalue weighted by molar-refractivity contribution is 7.15. The second-order valence-electron chi connectivity index (χ2n) is 9.13. The summed E-state index contributed by atoms with van der Waals surface area (Å²) in [6.45, 7) is 11.5. The van der Waals surface area contributed by atoms with Crippen molar-refractivity contribution in [2.75, 3.05) is 0 Å². The molecule has 0 unspecified atom stereocenters. The Morgan fingerprint density at radius 2 is 1.79 bits per heavy atom. The number of fused-ring (bicyclic) bond motifs is 3. The number of hydrogen-bond acceptors (Lipinski definition) is 7. The SMILES string of the molecule is Cc1sc2c(c1C)C(c1ccc(C(N)=O)cc1)=N[C@@H](CC(=O)OC(C)(C)C)c1nnc(C)n1-2. The van der Waals surface area contributed by atoms with Gasteiger partial charge in [-0.2, -0.15) is 0 Å². The summed E-state index contributed by atoms with van der Waals surface area (Å²) in [6.07, 6.45) is 0.0330. The highest BCUT2D eigenvalue weighted by Gasteiger charge is 2.33. The number of aliphatic imine (C=N–C) groups is 1. The second-order valence-corrected chi connectivity index (χ2v) is 10.3. The van der Waals surface area contributed by atoms with E-state index >= 15 is 0 Å². The van der Waals surface area contributed by atoms with Gasteiger partial charge in [-0.3, -0.25) is 19.1 Å². The number of ether oxygens (including phenoxy) is 1. The van der Waals surface area contributed by atoms with Crippen molar-refractivity contribution >= 4 is 28.9 Å². The maximum Gasteiger partial charge on any atom is 0.308 e. The van der Waals surface area contributed by atoms with Crippen LogP contribution in [0.15, 0.2) is 29.3 Å². The van der Waals surface area contributed by atoms with Crippen molar-refractivity contribution in [2.45, 2.75) is 59.6 Å². The minimum absolute atomic E-state index is 0.0330. The van der Waals surface area contributed by atoms with Crippen LogP contribution in [-0.4, -0.2) is 38.0 Å². The molecule has 2 N–H and O–H groups in total. The van der Waals surface area contributed by atoms with Crippen LogP contribution in [0.25, 0.3) is 5.00 Å². The number of aromatic nitrogens is 3. The first kappa shape index (κ1) is 22.8. The predicted molar refractivity (Wildman–Crippen MR) is 127 cm³/mol. The molecule has 0 radical (unpaired) electrons. The molecule has 1 amide bonds. The number of hydrogen-bond donors (Lipinski definition) is 1. The molecule has 0 aliphatic carbocycles. The smallest absolute Gasteiger partial charge is 0.308 e. The van der Waals surface area contributed by atoms with Crippen LogP contribution in [0.4, 0.5) is 0 Å². The van der Waals surface area contributed by atoms with Gasteiger partial charge in [0.25, 0.3) is 0 Å². The van der Waals surface area contributed by atoms with Crippen LogP contribution < -0.4 is 5.73 Å². The third-order valence-corrected chi connectivity index (χ3v) is 6.65. The van der Waals surface area contributed by atoms with Crippen molar-refractivity contribution in [3.05, 3.63) is 63.0 Å². The van der Waals surface area contributed by atoms with Crippen LogP contribution >= 0.6 is 11.3 Å². The lowest BCUT2D eigenvalue weighted by atomic mass is 9.98. The quantitative estimate of drug-likeness (QED) is 0.586. The number of nitrogens with zero attached hydrogens (tertiary/aromatic N) is 4. The number of primary amides is 1. The van der Waals surface area contributed by atoms with Gasteiger partial charge in [-0.25, -0.2) is 0 Å². The van der Waals surface area contributed by atoms with Crippen LogP contribution in [0.3, 0.4) is 0 Å². The summed E-state index contributed by atoms with van der Waals surface area (Å²) >= 11 is 1.64. The van der Waals surface area contributed by atoms with Crippen LogP contribution in [0.1, 0.15) is 76.8 Å². The Morgan fingerprint density at radius 3 is 2.39 bits per heavy atom. The van der Waals surface area contributed by atoms with Gasteiger partial charge in [0.15, 0.2) is 5.82 Å². The third-order valence-electron chi connectivity index (χ3n) is 5.46. The number of rotatable bonds is 4. The van der Waals surface area contributed by atoms with Gasteiger partial charge in [-0.15, -0.1) is 21.5 Å². The molecular weight excluding hydrogens is 438 g/mol. The van der Waals surface area contributed by atoms with E-state index in [1.54, 1.807) is 23.5 Å². The zero-order chi connectivity index (χ0) is 24.1. The van der Waals surface area contributed by atoms with Gasteiger partial charge >= 0.3 is 5.97 Å². The van der Waals surface area contributed by atoms with Crippen LogP contribution in [0.5, 0.6) is 0 Å². The first-order valence-corrected chi connectivity index (χ1v) is 11.5. The normalized spacial score (nSPS) is 15.3. The van der Waals surface area contributed by atoms with Gasteiger partial charge in [0.1, 0.15) is 22.5 Å². The maximum atomic E-state index is 12.8. The third kappa shape index (κ3) is 4.32. The molecule has 1 aromatic carbocycles. The summed E-state index contributed by atoms with van der Waals surface area (Å²) in [5, 5.41) is 9.64. The predicted octanol–water partition coefficient (Wildman–Crippen LogP) is 3.98. The molecule has 172 valence electrons. The molecule has 9 heteroatoms. The molecule has 0 bridgehead atoms. The fourth-order valence-corrected chi connectivity index (χ4v) is 5.07.